The molecule has 0 unspecified atom stereocenters. The largest absolute Gasteiger partial charge is 0.444 e. The molecule has 0 aliphatic rings. The number of carbonyl (C=O) groups excluding carboxylic acids is 2. The first kappa shape index (κ1) is 16.0. The van der Waals surface area contributed by atoms with Crippen molar-refractivity contribution in [3.05, 3.63) is 24.3 Å². The Morgan fingerprint density at radius 2 is 1.65 bits per heavy atom. The van der Waals surface area contributed by atoms with E-state index >= 15 is 0 Å². The first-order valence-corrected chi connectivity index (χ1v) is 6.58. The lowest BCUT2D eigenvalue weighted by Crippen LogP contribution is -2.27. The average Bonchev–Trinajstić information content (AvgIpc) is 2.26. The zero-order valence-electron chi connectivity index (χ0n) is 12.6. The molecule has 0 spiro atoms. The number of benzene rings is 1. The fraction of sp³-hybridized carbons (Fsp3) is 0.467. The van der Waals surface area contributed by atoms with Crippen molar-refractivity contribution in [3.63, 3.8) is 0 Å². The molecule has 0 radical (unpaired) electrons. The predicted molar refractivity (Wildman–Crippen MR) is 79.8 cm³/mol. The smallest absolute Gasteiger partial charge is 0.412 e. The van der Waals surface area contributed by atoms with Crippen molar-refractivity contribution >= 4 is 23.4 Å². The van der Waals surface area contributed by atoms with Gasteiger partial charge in [0, 0.05) is 17.3 Å². The van der Waals surface area contributed by atoms with Crippen LogP contribution in [0, 0.1) is 5.92 Å². The van der Waals surface area contributed by atoms with Crippen molar-refractivity contribution in [2.24, 2.45) is 5.92 Å². The van der Waals surface area contributed by atoms with Gasteiger partial charge in [0.25, 0.3) is 0 Å². The SMILES string of the molecule is CC(C)C(=O)Nc1cccc(NC(=O)OC(C)(C)C)c1. The van der Waals surface area contributed by atoms with E-state index in [2.05, 4.69) is 10.6 Å². The van der Waals surface area contributed by atoms with Gasteiger partial charge in [0.15, 0.2) is 0 Å². The van der Waals surface area contributed by atoms with Crippen molar-refractivity contribution in [2.75, 3.05) is 10.6 Å². The maximum absolute atomic E-state index is 11.6. The summed E-state index contributed by atoms with van der Waals surface area (Å²) in [4.78, 5) is 23.3. The number of rotatable bonds is 3. The Morgan fingerprint density at radius 3 is 2.15 bits per heavy atom. The van der Waals surface area contributed by atoms with E-state index in [1.807, 2.05) is 13.8 Å². The van der Waals surface area contributed by atoms with Crippen molar-refractivity contribution in [2.45, 2.75) is 40.2 Å². The molecule has 1 aromatic rings. The van der Waals surface area contributed by atoms with Crippen LogP contribution in [-0.2, 0) is 9.53 Å². The number of hydrogen-bond acceptors (Lipinski definition) is 3. The summed E-state index contributed by atoms with van der Waals surface area (Å²) in [5, 5.41) is 5.40. The summed E-state index contributed by atoms with van der Waals surface area (Å²) in [6.45, 7) is 9.03. The van der Waals surface area contributed by atoms with Gasteiger partial charge in [0.2, 0.25) is 5.91 Å². The monoisotopic (exact) mass is 278 g/mol. The second-order valence-corrected chi connectivity index (χ2v) is 5.85. The first-order valence-electron chi connectivity index (χ1n) is 6.58. The van der Waals surface area contributed by atoms with E-state index in [1.54, 1.807) is 45.0 Å². The van der Waals surface area contributed by atoms with Crippen LogP contribution in [0.1, 0.15) is 34.6 Å². The molecule has 1 aromatic carbocycles. The molecule has 0 heterocycles. The third kappa shape index (κ3) is 5.73. The Kier molecular flexibility index (Phi) is 5.13. The Bertz CT molecular complexity index is 490. The fourth-order valence-electron chi connectivity index (χ4n) is 1.38. The molecule has 0 atom stereocenters. The normalized spacial score (nSPS) is 11.1. The predicted octanol–water partition coefficient (Wildman–Crippen LogP) is 3.63. The Morgan fingerprint density at radius 1 is 1.10 bits per heavy atom. The Labute approximate surface area is 119 Å². The summed E-state index contributed by atoms with van der Waals surface area (Å²) in [7, 11) is 0. The molecule has 0 fully saturated rings. The second-order valence-electron chi connectivity index (χ2n) is 5.85. The van der Waals surface area contributed by atoms with Gasteiger partial charge in [-0.05, 0) is 39.0 Å². The highest BCUT2D eigenvalue weighted by atomic mass is 16.6. The third-order valence-corrected chi connectivity index (χ3v) is 2.30. The van der Waals surface area contributed by atoms with Crippen LogP contribution in [-0.4, -0.2) is 17.6 Å². The quantitative estimate of drug-likeness (QED) is 0.887. The molecule has 2 N–H and O–H groups in total. The lowest BCUT2D eigenvalue weighted by atomic mass is 10.2. The van der Waals surface area contributed by atoms with E-state index in [4.69, 9.17) is 4.74 Å². The first-order chi connectivity index (χ1) is 9.17. The van der Waals surface area contributed by atoms with Crippen LogP contribution in [0.2, 0.25) is 0 Å². The van der Waals surface area contributed by atoms with Crippen molar-refractivity contribution in [1.29, 1.82) is 0 Å². The number of nitrogens with one attached hydrogen (secondary N) is 2. The lowest BCUT2D eigenvalue weighted by molar-refractivity contribution is -0.118. The molecule has 0 saturated carbocycles. The second kappa shape index (κ2) is 6.41. The van der Waals surface area contributed by atoms with Gasteiger partial charge in [-0.2, -0.15) is 0 Å². The molecule has 2 amide bonds. The van der Waals surface area contributed by atoms with Crippen LogP contribution >= 0.6 is 0 Å². The van der Waals surface area contributed by atoms with E-state index in [0.29, 0.717) is 11.4 Å². The lowest BCUT2D eigenvalue weighted by Gasteiger charge is -2.19. The maximum atomic E-state index is 11.6. The summed E-state index contributed by atoms with van der Waals surface area (Å²) in [5.74, 6) is -0.170. The average molecular weight is 278 g/mol. The van der Waals surface area contributed by atoms with Gasteiger partial charge in [0.05, 0.1) is 0 Å². The van der Waals surface area contributed by atoms with Crippen LogP contribution in [0.15, 0.2) is 24.3 Å². The molecule has 0 aliphatic heterocycles. The number of hydrogen-bond donors (Lipinski definition) is 2. The summed E-state index contributed by atoms with van der Waals surface area (Å²) in [6.07, 6.45) is -0.523. The van der Waals surface area contributed by atoms with E-state index < -0.39 is 11.7 Å². The molecular formula is C15H22N2O3. The molecule has 0 aromatic heterocycles. The van der Waals surface area contributed by atoms with Gasteiger partial charge in [-0.15, -0.1) is 0 Å². The van der Waals surface area contributed by atoms with Crippen molar-refractivity contribution in [3.8, 4) is 0 Å². The summed E-state index contributed by atoms with van der Waals surface area (Å²) in [5.41, 5.74) is 0.658. The maximum Gasteiger partial charge on any atom is 0.412 e. The summed E-state index contributed by atoms with van der Waals surface area (Å²) in [6, 6.07) is 6.93. The van der Waals surface area contributed by atoms with Crippen LogP contribution in [0.5, 0.6) is 0 Å². The van der Waals surface area contributed by atoms with Gasteiger partial charge in [-0.25, -0.2) is 4.79 Å². The molecular weight excluding hydrogens is 256 g/mol. The minimum Gasteiger partial charge on any atom is -0.444 e. The molecule has 0 saturated heterocycles. The molecule has 5 heteroatoms. The van der Waals surface area contributed by atoms with Crippen molar-refractivity contribution < 1.29 is 14.3 Å². The van der Waals surface area contributed by atoms with E-state index in [-0.39, 0.29) is 11.8 Å². The molecule has 20 heavy (non-hydrogen) atoms. The van der Waals surface area contributed by atoms with Crippen molar-refractivity contribution in [1.82, 2.24) is 0 Å². The fourth-order valence-corrected chi connectivity index (χ4v) is 1.38. The third-order valence-electron chi connectivity index (χ3n) is 2.30. The van der Waals surface area contributed by atoms with E-state index in [1.165, 1.54) is 0 Å². The number of carbonyl (C=O) groups is 2. The number of anilines is 2. The van der Waals surface area contributed by atoms with Crippen LogP contribution in [0.4, 0.5) is 16.2 Å². The van der Waals surface area contributed by atoms with Crippen LogP contribution in [0.3, 0.4) is 0 Å². The highest BCUT2D eigenvalue weighted by Crippen LogP contribution is 2.17. The zero-order valence-corrected chi connectivity index (χ0v) is 12.6. The van der Waals surface area contributed by atoms with Crippen LogP contribution in [0.25, 0.3) is 0 Å². The molecule has 0 aliphatic carbocycles. The van der Waals surface area contributed by atoms with Gasteiger partial charge in [-0.1, -0.05) is 19.9 Å². The summed E-state index contributed by atoms with van der Waals surface area (Å²) < 4.78 is 5.16. The zero-order chi connectivity index (χ0) is 15.3. The number of amides is 2. The minimum atomic E-state index is -0.548. The topological polar surface area (TPSA) is 67.4 Å². The minimum absolute atomic E-state index is 0.0700. The highest BCUT2D eigenvalue weighted by Gasteiger charge is 2.16. The van der Waals surface area contributed by atoms with Gasteiger partial charge >= 0.3 is 6.09 Å². The van der Waals surface area contributed by atoms with Gasteiger partial charge in [0.1, 0.15) is 5.60 Å². The molecule has 5 nitrogen and oxygen atoms in total. The molecule has 110 valence electrons. The molecule has 0 bridgehead atoms. The van der Waals surface area contributed by atoms with Gasteiger partial charge < -0.3 is 10.1 Å². The standard InChI is InChI=1S/C15H22N2O3/c1-10(2)13(18)16-11-7-6-8-12(9-11)17-14(19)20-15(3,4)5/h6-10H,1-5H3,(H,16,18)(H,17,19). The van der Waals surface area contributed by atoms with Crippen LogP contribution < -0.4 is 10.6 Å². The van der Waals surface area contributed by atoms with E-state index in [9.17, 15) is 9.59 Å². The summed E-state index contributed by atoms with van der Waals surface area (Å²) >= 11 is 0. The number of ether oxygens (including phenoxy) is 1. The molecule has 1 rings (SSSR count). The Hall–Kier alpha value is -2.04. The highest BCUT2D eigenvalue weighted by molar-refractivity contribution is 5.93. The van der Waals surface area contributed by atoms with Gasteiger partial charge in [-0.3, -0.25) is 10.1 Å². The van der Waals surface area contributed by atoms with E-state index in [0.717, 1.165) is 0 Å². The Balaban J connectivity index is 2.69.